The maximum absolute atomic E-state index is 11.9. The Morgan fingerprint density at radius 1 is 1.45 bits per heavy atom. The summed E-state index contributed by atoms with van der Waals surface area (Å²) in [4.78, 5) is 13.0. The molecule has 1 aromatic carbocycles. The smallest absolute Gasteiger partial charge is 0.251 e. The van der Waals surface area contributed by atoms with Crippen molar-refractivity contribution < 1.29 is 4.79 Å². The molecule has 1 aliphatic rings. The highest BCUT2D eigenvalue weighted by molar-refractivity contribution is 9.09. The first-order valence-electron chi connectivity index (χ1n) is 6.36. The first-order chi connectivity index (χ1) is 9.58. The minimum Gasteiger partial charge on any atom is -0.352 e. The summed E-state index contributed by atoms with van der Waals surface area (Å²) >= 11 is 11.7. The maximum Gasteiger partial charge on any atom is 0.251 e. The lowest BCUT2D eigenvalue weighted by Crippen LogP contribution is -2.31. The number of nitrogens with one attached hydrogen (secondary N) is 1. The van der Waals surface area contributed by atoms with Crippen molar-refractivity contribution in [3.63, 3.8) is 0 Å². The number of amides is 1. The van der Waals surface area contributed by atoms with Gasteiger partial charge in [-0.05, 0) is 41.5 Å². The Bertz CT molecular complexity index is 683. The molecule has 1 aromatic heterocycles. The number of rotatable bonds is 2. The Hall–Kier alpha value is -0.840. The molecule has 1 aliphatic heterocycles. The number of carbonyl (C=O) groups excluding carboxylic acids is 1. The van der Waals surface area contributed by atoms with Crippen LogP contribution in [0.4, 0.5) is 0 Å². The summed E-state index contributed by atoms with van der Waals surface area (Å²) in [5.41, 5.74) is 4.05. The van der Waals surface area contributed by atoms with Crippen molar-refractivity contribution in [1.82, 2.24) is 5.32 Å². The van der Waals surface area contributed by atoms with Gasteiger partial charge in [0, 0.05) is 17.0 Å². The van der Waals surface area contributed by atoms with E-state index in [-0.39, 0.29) is 10.7 Å². The summed E-state index contributed by atoms with van der Waals surface area (Å²) < 4.78 is 0. The number of benzene rings is 1. The van der Waals surface area contributed by atoms with Crippen molar-refractivity contribution in [2.45, 2.75) is 18.2 Å². The van der Waals surface area contributed by atoms with E-state index < -0.39 is 0 Å². The van der Waals surface area contributed by atoms with Crippen molar-refractivity contribution in [3.05, 3.63) is 55.7 Å². The fourth-order valence-corrected chi connectivity index (χ4v) is 4.63. The Morgan fingerprint density at radius 3 is 2.95 bits per heavy atom. The molecular weight excluding hydrogens is 358 g/mol. The second kappa shape index (κ2) is 5.51. The van der Waals surface area contributed by atoms with Gasteiger partial charge in [-0.3, -0.25) is 4.79 Å². The molecule has 20 heavy (non-hydrogen) atoms. The maximum atomic E-state index is 11.9. The number of hydrogen-bond donors (Lipinski definition) is 1. The lowest BCUT2D eigenvalue weighted by Gasteiger charge is -2.18. The summed E-state index contributed by atoms with van der Waals surface area (Å²) in [7, 11) is 0. The first kappa shape index (κ1) is 14.1. The van der Waals surface area contributed by atoms with E-state index in [1.54, 1.807) is 11.3 Å². The standard InChI is InChI=1S/C15H13BrClNOS/c1-8-7-20-14(13(8)17)12(16)10-3-2-9-4-5-18-15(19)11(9)6-10/h2-3,6-7,12H,4-5H2,1H3,(H,18,19). The number of halogens is 2. The fraction of sp³-hybridized carbons (Fsp3) is 0.267. The zero-order valence-electron chi connectivity index (χ0n) is 10.9. The molecule has 0 spiro atoms. The van der Waals surface area contributed by atoms with Gasteiger partial charge >= 0.3 is 0 Å². The second-order valence-electron chi connectivity index (χ2n) is 4.88. The molecule has 3 rings (SSSR count). The van der Waals surface area contributed by atoms with Crippen LogP contribution in [0.15, 0.2) is 23.6 Å². The van der Waals surface area contributed by atoms with Crippen LogP contribution in [0.25, 0.3) is 0 Å². The van der Waals surface area contributed by atoms with Gasteiger partial charge in [-0.1, -0.05) is 39.7 Å². The van der Waals surface area contributed by atoms with Gasteiger partial charge in [-0.15, -0.1) is 11.3 Å². The van der Waals surface area contributed by atoms with Crippen LogP contribution >= 0.6 is 38.9 Å². The minimum absolute atomic E-state index is 0.0151. The van der Waals surface area contributed by atoms with Crippen LogP contribution in [0.3, 0.4) is 0 Å². The average Bonchev–Trinajstić information content (AvgIpc) is 2.78. The van der Waals surface area contributed by atoms with E-state index in [4.69, 9.17) is 11.6 Å². The van der Waals surface area contributed by atoms with Crippen LogP contribution in [-0.2, 0) is 6.42 Å². The number of fused-ring (bicyclic) bond motifs is 1. The first-order valence-corrected chi connectivity index (χ1v) is 8.54. The van der Waals surface area contributed by atoms with Crippen molar-refractivity contribution in [2.75, 3.05) is 6.54 Å². The molecule has 104 valence electrons. The van der Waals surface area contributed by atoms with E-state index in [0.29, 0.717) is 0 Å². The third-order valence-electron chi connectivity index (χ3n) is 3.51. The molecule has 1 atom stereocenters. The van der Waals surface area contributed by atoms with Crippen LogP contribution in [0.1, 0.15) is 36.8 Å². The molecule has 2 nitrogen and oxygen atoms in total. The highest BCUT2D eigenvalue weighted by Crippen LogP contribution is 2.41. The normalized spacial score (nSPS) is 15.7. The lowest BCUT2D eigenvalue weighted by molar-refractivity contribution is 0.0946. The van der Waals surface area contributed by atoms with E-state index in [0.717, 1.165) is 45.1 Å². The number of aryl methyl sites for hydroxylation is 1. The monoisotopic (exact) mass is 369 g/mol. The van der Waals surface area contributed by atoms with Crippen LogP contribution in [0, 0.1) is 6.92 Å². The Labute approximate surface area is 135 Å². The quantitative estimate of drug-likeness (QED) is 0.776. The van der Waals surface area contributed by atoms with Crippen molar-refractivity contribution >= 4 is 44.8 Å². The molecule has 1 unspecified atom stereocenters. The molecule has 0 radical (unpaired) electrons. The second-order valence-corrected chi connectivity index (χ2v) is 7.09. The molecule has 1 N–H and O–H groups in total. The predicted octanol–water partition coefficient (Wildman–Crippen LogP) is 4.48. The van der Waals surface area contributed by atoms with Gasteiger partial charge in [0.2, 0.25) is 0 Å². The summed E-state index contributed by atoms with van der Waals surface area (Å²) in [6.45, 7) is 2.72. The lowest BCUT2D eigenvalue weighted by atomic mass is 9.96. The fourth-order valence-electron chi connectivity index (χ4n) is 2.36. The Balaban J connectivity index is 2.00. The van der Waals surface area contributed by atoms with Crippen molar-refractivity contribution in [3.8, 4) is 0 Å². The van der Waals surface area contributed by atoms with Crippen LogP contribution in [0.5, 0.6) is 0 Å². The highest BCUT2D eigenvalue weighted by atomic mass is 79.9. The summed E-state index contributed by atoms with van der Waals surface area (Å²) in [6, 6.07) is 6.09. The molecule has 0 aliphatic carbocycles. The molecule has 2 heterocycles. The Kier molecular flexibility index (Phi) is 3.89. The van der Waals surface area contributed by atoms with Gasteiger partial charge in [0.1, 0.15) is 0 Å². The van der Waals surface area contributed by atoms with E-state index >= 15 is 0 Å². The molecule has 2 aromatic rings. The molecule has 0 saturated carbocycles. The van der Waals surface area contributed by atoms with E-state index in [1.807, 2.05) is 19.1 Å². The number of carbonyl (C=O) groups is 1. The topological polar surface area (TPSA) is 29.1 Å². The van der Waals surface area contributed by atoms with Crippen molar-refractivity contribution in [2.24, 2.45) is 0 Å². The van der Waals surface area contributed by atoms with Crippen molar-refractivity contribution in [1.29, 1.82) is 0 Å². The summed E-state index contributed by atoms with van der Waals surface area (Å²) in [6.07, 6.45) is 0.896. The number of thiophene rings is 1. The summed E-state index contributed by atoms with van der Waals surface area (Å²) in [5.74, 6) is 0.0151. The molecule has 0 fully saturated rings. The summed E-state index contributed by atoms with van der Waals surface area (Å²) in [5, 5.41) is 5.74. The van der Waals surface area contributed by atoms with Gasteiger partial charge in [-0.2, -0.15) is 0 Å². The van der Waals surface area contributed by atoms with Crippen LogP contribution in [0.2, 0.25) is 5.02 Å². The van der Waals surface area contributed by atoms with Gasteiger partial charge in [-0.25, -0.2) is 0 Å². The average molecular weight is 371 g/mol. The highest BCUT2D eigenvalue weighted by Gasteiger charge is 2.21. The van der Waals surface area contributed by atoms with E-state index in [9.17, 15) is 4.79 Å². The van der Waals surface area contributed by atoms with Gasteiger partial charge in [0.15, 0.2) is 0 Å². The van der Waals surface area contributed by atoms with E-state index in [2.05, 4.69) is 32.7 Å². The predicted molar refractivity (Wildman–Crippen MR) is 87.3 cm³/mol. The van der Waals surface area contributed by atoms with Crippen LogP contribution in [-0.4, -0.2) is 12.5 Å². The number of hydrogen-bond acceptors (Lipinski definition) is 2. The largest absolute Gasteiger partial charge is 0.352 e. The van der Waals surface area contributed by atoms with Gasteiger partial charge in [0.25, 0.3) is 5.91 Å². The zero-order valence-corrected chi connectivity index (χ0v) is 14.0. The molecule has 0 bridgehead atoms. The minimum atomic E-state index is 0.0151. The SMILES string of the molecule is Cc1csc(C(Br)c2ccc3c(c2)C(=O)NCC3)c1Cl. The molecule has 0 saturated heterocycles. The van der Waals surface area contributed by atoms with Crippen LogP contribution < -0.4 is 5.32 Å². The van der Waals surface area contributed by atoms with Gasteiger partial charge in [0.05, 0.1) is 9.85 Å². The molecule has 1 amide bonds. The zero-order chi connectivity index (χ0) is 14.3. The third kappa shape index (κ3) is 2.41. The number of alkyl halides is 1. The molecular formula is C15H13BrClNOS. The van der Waals surface area contributed by atoms with E-state index in [1.165, 1.54) is 0 Å². The Morgan fingerprint density at radius 2 is 2.25 bits per heavy atom. The molecule has 5 heteroatoms. The third-order valence-corrected chi connectivity index (χ3v) is 6.57. The van der Waals surface area contributed by atoms with Gasteiger partial charge < -0.3 is 5.32 Å².